The second-order valence-electron chi connectivity index (χ2n) is 5.06. The molecule has 6 nitrogen and oxygen atoms in total. The molecule has 1 aliphatic heterocycles. The van der Waals surface area contributed by atoms with Crippen molar-refractivity contribution in [1.29, 1.82) is 0 Å². The minimum Gasteiger partial charge on any atom is -0.460 e. The van der Waals surface area contributed by atoms with Gasteiger partial charge in [0.05, 0.1) is 9.68 Å². The van der Waals surface area contributed by atoms with Crippen LogP contribution in [0.25, 0.3) is 0 Å². The maximum atomic E-state index is 14.1. The lowest BCUT2D eigenvalue weighted by molar-refractivity contribution is -0.123. The Morgan fingerprint density at radius 3 is 2.38 bits per heavy atom. The number of halogens is 2. The van der Waals surface area contributed by atoms with Gasteiger partial charge < -0.3 is 14.7 Å². The van der Waals surface area contributed by atoms with E-state index in [2.05, 4.69) is 4.18 Å². The molecule has 0 amide bonds. The maximum Gasteiger partial charge on any atom is 0.313 e. The highest BCUT2D eigenvalue weighted by Crippen LogP contribution is 2.35. The number of hydrogen-bond donors (Lipinski definition) is 1. The molecule has 1 atom stereocenters. The molecule has 136 valence electrons. The van der Waals surface area contributed by atoms with E-state index < -0.39 is 56.5 Å². The van der Waals surface area contributed by atoms with Crippen LogP contribution >= 0.6 is 0 Å². The van der Waals surface area contributed by atoms with Crippen molar-refractivity contribution in [3.63, 3.8) is 0 Å². The van der Waals surface area contributed by atoms with Crippen LogP contribution in [0.4, 0.5) is 8.78 Å². The average Bonchev–Trinajstić information content (AvgIpc) is 2.85. The second-order valence-corrected chi connectivity index (χ2v) is 6.33. The molecule has 0 aliphatic carbocycles. The van der Waals surface area contributed by atoms with Crippen molar-refractivity contribution >= 4 is 15.9 Å². The fourth-order valence-electron chi connectivity index (χ4n) is 2.16. The predicted octanol–water partition coefficient (Wildman–Crippen LogP) is 2.28. The van der Waals surface area contributed by atoms with Gasteiger partial charge in [-0.05, 0) is 17.7 Å². The molecule has 0 aromatic heterocycles. The zero-order chi connectivity index (χ0) is 21.6. The minimum atomic E-state index is -5.19. The van der Waals surface area contributed by atoms with E-state index in [-0.39, 0.29) is 5.56 Å². The molecule has 0 fully saturated rings. The molecule has 0 spiro atoms. The van der Waals surface area contributed by atoms with E-state index in [1.165, 1.54) is 30.3 Å². The first-order chi connectivity index (χ1) is 13.4. The summed E-state index contributed by atoms with van der Waals surface area (Å²) in [7, 11) is -5.19. The molecule has 0 radical (unpaired) electrons. The van der Waals surface area contributed by atoms with Gasteiger partial charge in [0, 0.05) is 0 Å². The maximum absolute atomic E-state index is 14.1. The Labute approximate surface area is 152 Å². The lowest BCUT2D eigenvalue weighted by atomic mass is 10.0. The van der Waals surface area contributed by atoms with Gasteiger partial charge in [-0.15, -0.1) is 0 Å². The van der Waals surface area contributed by atoms with E-state index in [4.69, 9.17) is 14.6 Å². The van der Waals surface area contributed by atoms with Crippen LogP contribution in [0, 0.1) is 11.6 Å². The van der Waals surface area contributed by atoms with Crippen LogP contribution in [0.15, 0.2) is 60.2 Å². The molecule has 3 rings (SSSR count). The third-order valence-corrected chi connectivity index (χ3v) is 4.12. The number of ketones is 1. The molecule has 1 aliphatic rings. The Morgan fingerprint density at radius 1 is 1.15 bits per heavy atom. The summed E-state index contributed by atoms with van der Waals surface area (Å²) in [4.78, 5) is 12.6. The average molecular weight is 384 g/mol. The first-order valence-electron chi connectivity index (χ1n) is 8.59. The van der Waals surface area contributed by atoms with E-state index in [1.54, 1.807) is 0 Å². The van der Waals surface area contributed by atoms with Crippen LogP contribution in [0.3, 0.4) is 0 Å². The summed E-state index contributed by atoms with van der Waals surface area (Å²) in [6, 6.07) is 9.18. The highest BCUT2D eigenvalue weighted by atomic mass is 32.2. The van der Waals surface area contributed by atoms with Crippen molar-refractivity contribution in [2.45, 2.75) is 11.8 Å². The second kappa shape index (κ2) is 6.75. The standard InChI is InChI=1S/C17H13F2NO5S/c18-11-7-4-8-12(19)13(11)15-14(21)16(17(20)24-15)25-26(22,23)9-10-5-2-1-3-6-10/h1-8,15H,9,20H2/t15-/m1/s1/i9D2,15D. The monoisotopic (exact) mass is 384 g/mol. The molecule has 0 saturated carbocycles. The van der Waals surface area contributed by atoms with Crippen LogP contribution in [0.2, 0.25) is 0 Å². The zero-order valence-electron chi connectivity index (χ0n) is 15.9. The number of hydrogen-bond acceptors (Lipinski definition) is 6. The topological polar surface area (TPSA) is 95.7 Å². The van der Waals surface area contributed by atoms with Crippen molar-refractivity contribution in [2.24, 2.45) is 5.73 Å². The number of rotatable bonds is 5. The van der Waals surface area contributed by atoms with E-state index in [1.807, 2.05) is 0 Å². The summed E-state index contributed by atoms with van der Waals surface area (Å²) in [5.74, 6) is -6.48. The van der Waals surface area contributed by atoms with Gasteiger partial charge in [-0.3, -0.25) is 4.79 Å². The molecule has 1 heterocycles. The van der Waals surface area contributed by atoms with Crippen molar-refractivity contribution < 1.29 is 35.0 Å². The molecule has 0 bridgehead atoms. The van der Waals surface area contributed by atoms with Gasteiger partial charge >= 0.3 is 10.1 Å². The Kier molecular flexibility index (Phi) is 3.70. The van der Waals surface area contributed by atoms with E-state index in [0.717, 1.165) is 18.2 Å². The molecular weight excluding hydrogens is 368 g/mol. The van der Waals surface area contributed by atoms with Crippen molar-refractivity contribution in [2.75, 3.05) is 0 Å². The summed E-state index contributed by atoms with van der Waals surface area (Å²) >= 11 is 0. The van der Waals surface area contributed by atoms with E-state index in [9.17, 15) is 22.0 Å². The van der Waals surface area contributed by atoms with Crippen molar-refractivity contribution in [1.82, 2.24) is 0 Å². The zero-order valence-corrected chi connectivity index (χ0v) is 13.7. The normalized spacial score (nSPS) is 22.4. The van der Waals surface area contributed by atoms with Crippen LogP contribution < -0.4 is 5.73 Å². The molecule has 2 aromatic rings. The van der Waals surface area contributed by atoms with E-state index in [0.29, 0.717) is 0 Å². The van der Waals surface area contributed by atoms with Crippen molar-refractivity contribution in [3.05, 3.63) is 82.9 Å². The Morgan fingerprint density at radius 2 is 1.77 bits per heavy atom. The summed E-state index contributed by atoms with van der Waals surface area (Å²) in [6.07, 6.45) is -3.08. The van der Waals surface area contributed by atoms with Gasteiger partial charge in [-0.1, -0.05) is 36.4 Å². The molecule has 2 N–H and O–H groups in total. The highest BCUT2D eigenvalue weighted by molar-refractivity contribution is 7.86. The Balaban J connectivity index is 1.99. The first-order valence-corrected chi connectivity index (χ1v) is 8.50. The highest BCUT2D eigenvalue weighted by Gasteiger charge is 2.42. The van der Waals surface area contributed by atoms with Gasteiger partial charge in [0.1, 0.15) is 17.3 Å². The van der Waals surface area contributed by atoms with Gasteiger partial charge in [-0.25, -0.2) is 8.78 Å². The molecule has 0 unspecified atom stereocenters. The number of ether oxygens (including phenoxy) is 1. The fourth-order valence-corrected chi connectivity index (χ4v) is 3.00. The first kappa shape index (κ1) is 14.3. The number of carbonyl (C=O) groups is 1. The number of nitrogens with two attached hydrogens (primary N) is 1. The number of benzene rings is 2. The summed E-state index contributed by atoms with van der Waals surface area (Å²) < 4.78 is 86.2. The molecule has 2 aromatic carbocycles. The van der Waals surface area contributed by atoms with Gasteiger partial charge in [-0.2, -0.15) is 8.42 Å². The van der Waals surface area contributed by atoms with Gasteiger partial charge in [0.15, 0.2) is 6.08 Å². The van der Waals surface area contributed by atoms with Crippen LogP contribution in [-0.4, -0.2) is 14.2 Å². The summed E-state index contributed by atoms with van der Waals surface area (Å²) in [6.45, 7) is 0. The Hall–Kier alpha value is -2.94. The largest absolute Gasteiger partial charge is 0.460 e. The lowest BCUT2D eigenvalue weighted by Crippen LogP contribution is -2.17. The Bertz CT molecular complexity index is 1100. The third-order valence-electron chi connectivity index (χ3n) is 3.25. The molecule has 9 heteroatoms. The smallest absolute Gasteiger partial charge is 0.313 e. The van der Waals surface area contributed by atoms with Gasteiger partial charge in [0.2, 0.25) is 17.4 Å². The van der Waals surface area contributed by atoms with Crippen LogP contribution in [-0.2, 0) is 29.5 Å². The van der Waals surface area contributed by atoms with Crippen molar-refractivity contribution in [3.8, 4) is 0 Å². The predicted molar refractivity (Wildman–Crippen MR) is 86.6 cm³/mol. The molecular formula is C17H13F2NO5S. The van der Waals surface area contributed by atoms with Gasteiger partial charge in [0.25, 0.3) is 0 Å². The molecule has 0 saturated heterocycles. The summed E-state index contributed by atoms with van der Waals surface area (Å²) in [5.41, 5.74) is 0.900. The fraction of sp³-hybridized carbons (Fsp3) is 0.118. The summed E-state index contributed by atoms with van der Waals surface area (Å²) in [5, 5.41) is 0. The number of Topliss-reactive ketones (excluding diaryl/α,β-unsaturated/α-hetero) is 1. The quantitative estimate of drug-likeness (QED) is 0.795. The van der Waals surface area contributed by atoms with E-state index >= 15 is 0 Å². The minimum absolute atomic E-state index is 0.303. The lowest BCUT2D eigenvalue weighted by Gasteiger charge is -2.11. The van der Waals surface area contributed by atoms with Crippen LogP contribution in [0.1, 0.15) is 21.3 Å². The number of carbonyl (C=O) groups excluding carboxylic acids is 1. The third kappa shape index (κ3) is 3.52. The molecule has 26 heavy (non-hydrogen) atoms. The SMILES string of the molecule is [2H]C([2H])(c1ccccc1)S(=O)(=O)OC1=C(N)O[C@]([2H])(c2c(F)cccc2F)C1=O. The van der Waals surface area contributed by atoms with Crippen LogP contribution in [0.5, 0.6) is 0 Å².